The molecule has 24 heavy (non-hydrogen) atoms. The lowest BCUT2D eigenvalue weighted by Crippen LogP contribution is -2.12. The Bertz CT molecular complexity index is 924. The van der Waals surface area contributed by atoms with Gasteiger partial charge in [0.05, 0.1) is 16.7 Å². The molecule has 0 unspecified atom stereocenters. The number of carbonyl (C=O) groups excluding carboxylic acids is 1. The van der Waals surface area contributed by atoms with Gasteiger partial charge in [0, 0.05) is 12.2 Å². The monoisotopic (exact) mass is 379 g/mol. The van der Waals surface area contributed by atoms with E-state index in [1.165, 1.54) is 34.9 Å². The number of primary amides is 1. The van der Waals surface area contributed by atoms with Crippen LogP contribution < -0.4 is 11.3 Å². The number of hydrogen-bond donors (Lipinski definition) is 2. The second kappa shape index (κ2) is 7.77. The van der Waals surface area contributed by atoms with Crippen LogP contribution in [0.4, 0.5) is 0 Å². The predicted octanol–water partition coefficient (Wildman–Crippen LogP) is 1.69. The fraction of sp³-hybridized carbons (Fsp3) is 0.214. The van der Waals surface area contributed by atoms with Crippen molar-refractivity contribution in [2.75, 3.05) is 11.5 Å². The number of carbonyl (C=O) groups is 1. The van der Waals surface area contributed by atoms with Gasteiger partial charge in [0.2, 0.25) is 5.91 Å². The number of rotatable bonds is 7. The maximum Gasteiger partial charge on any atom is 0.258 e. The molecule has 2 aromatic heterocycles. The Morgan fingerprint density at radius 3 is 2.75 bits per heavy atom. The molecule has 7 nitrogen and oxygen atoms in total. The summed E-state index contributed by atoms with van der Waals surface area (Å²) in [5.74, 6) is 1.19. The Morgan fingerprint density at radius 2 is 1.96 bits per heavy atom. The van der Waals surface area contributed by atoms with Crippen molar-refractivity contribution in [3.05, 3.63) is 40.4 Å². The lowest BCUT2D eigenvalue weighted by atomic mass is 10.2. The molecule has 0 saturated heterocycles. The summed E-state index contributed by atoms with van der Waals surface area (Å²) in [5.41, 5.74) is 5.67. The summed E-state index contributed by atoms with van der Waals surface area (Å²) in [7, 11) is 0. The van der Waals surface area contributed by atoms with Crippen molar-refractivity contribution >= 4 is 51.7 Å². The normalized spacial score (nSPS) is 11.0. The number of thioether (sulfide) groups is 2. The van der Waals surface area contributed by atoms with Crippen LogP contribution in [-0.2, 0) is 11.2 Å². The minimum absolute atomic E-state index is 0.123. The number of aryl methyl sites for hydroxylation is 1. The van der Waals surface area contributed by atoms with E-state index >= 15 is 0 Å². The highest BCUT2D eigenvalue weighted by Gasteiger charge is 2.08. The number of aromatic amines is 1. The van der Waals surface area contributed by atoms with Crippen molar-refractivity contribution < 1.29 is 4.79 Å². The standard InChI is InChI=1S/C14H13N5O2S3/c15-10(20)7-23-14-19-18-13(24-14)22-6-5-11-16-9-4-2-1-3-8(9)12(21)17-11/h1-4H,5-7H2,(H2,15,20)(H,16,17,21). The van der Waals surface area contributed by atoms with Gasteiger partial charge in [-0.2, -0.15) is 0 Å². The Labute approximate surface area is 149 Å². The first kappa shape index (κ1) is 16.9. The molecule has 0 aliphatic rings. The van der Waals surface area contributed by atoms with Gasteiger partial charge in [0.15, 0.2) is 8.68 Å². The molecule has 10 heteroatoms. The van der Waals surface area contributed by atoms with Crippen molar-refractivity contribution in [2.24, 2.45) is 5.73 Å². The molecule has 0 aliphatic heterocycles. The van der Waals surface area contributed by atoms with Crippen LogP contribution in [0.25, 0.3) is 10.9 Å². The molecule has 0 atom stereocenters. The average Bonchev–Trinajstić information content (AvgIpc) is 3.01. The van der Waals surface area contributed by atoms with Crippen LogP contribution in [0.5, 0.6) is 0 Å². The third-order valence-corrected chi connectivity index (χ3v) is 6.17. The van der Waals surface area contributed by atoms with Crippen LogP contribution in [0.1, 0.15) is 5.82 Å². The van der Waals surface area contributed by atoms with E-state index in [0.29, 0.717) is 27.5 Å². The molecular weight excluding hydrogens is 366 g/mol. The zero-order valence-electron chi connectivity index (χ0n) is 12.4. The van der Waals surface area contributed by atoms with Crippen LogP contribution >= 0.6 is 34.9 Å². The summed E-state index contributed by atoms with van der Waals surface area (Å²) >= 11 is 4.23. The molecule has 0 aliphatic carbocycles. The molecule has 3 rings (SSSR count). The summed E-state index contributed by atoms with van der Waals surface area (Å²) in [5, 5.41) is 8.65. The van der Waals surface area contributed by atoms with Crippen LogP contribution in [-0.4, -0.2) is 37.6 Å². The van der Waals surface area contributed by atoms with Gasteiger partial charge in [-0.1, -0.05) is 47.0 Å². The molecule has 0 saturated carbocycles. The Kier molecular flexibility index (Phi) is 5.48. The second-order valence-electron chi connectivity index (χ2n) is 4.72. The van der Waals surface area contributed by atoms with E-state index in [-0.39, 0.29) is 17.2 Å². The van der Waals surface area contributed by atoms with Gasteiger partial charge in [-0.15, -0.1) is 10.2 Å². The van der Waals surface area contributed by atoms with Gasteiger partial charge in [-0.05, 0) is 12.1 Å². The van der Waals surface area contributed by atoms with E-state index in [1.807, 2.05) is 18.2 Å². The van der Waals surface area contributed by atoms with E-state index in [9.17, 15) is 9.59 Å². The molecular formula is C14H13N5O2S3. The van der Waals surface area contributed by atoms with Gasteiger partial charge >= 0.3 is 0 Å². The SMILES string of the molecule is NC(=O)CSc1nnc(SCCc2nc3ccccc3c(=O)[nH]2)s1. The van der Waals surface area contributed by atoms with Crippen molar-refractivity contribution in [3.8, 4) is 0 Å². The molecule has 0 spiro atoms. The van der Waals surface area contributed by atoms with E-state index in [0.717, 1.165) is 10.1 Å². The second-order valence-corrected chi connectivity index (χ2v) is 8.26. The van der Waals surface area contributed by atoms with Crippen molar-refractivity contribution in [2.45, 2.75) is 15.1 Å². The number of hydrogen-bond acceptors (Lipinski definition) is 8. The molecule has 3 aromatic rings. The van der Waals surface area contributed by atoms with Gasteiger partial charge in [-0.25, -0.2) is 4.98 Å². The fourth-order valence-corrected chi connectivity index (χ4v) is 4.71. The molecule has 0 fully saturated rings. The van der Waals surface area contributed by atoms with Crippen LogP contribution in [0.2, 0.25) is 0 Å². The first-order chi connectivity index (χ1) is 11.6. The summed E-state index contributed by atoms with van der Waals surface area (Å²) in [6, 6.07) is 7.26. The third kappa shape index (κ3) is 4.34. The number of fused-ring (bicyclic) bond motifs is 1. The van der Waals surface area contributed by atoms with Gasteiger partial charge < -0.3 is 10.7 Å². The van der Waals surface area contributed by atoms with E-state index < -0.39 is 0 Å². The number of aromatic nitrogens is 4. The van der Waals surface area contributed by atoms with Crippen molar-refractivity contribution in [1.82, 2.24) is 20.2 Å². The molecule has 0 radical (unpaired) electrons. The Morgan fingerprint density at radius 1 is 1.21 bits per heavy atom. The van der Waals surface area contributed by atoms with Gasteiger partial charge in [0.25, 0.3) is 5.56 Å². The van der Waals surface area contributed by atoms with Crippen LogP contribution in [0.3, 0.4) is 0 Å². The molecule has 124 valence electrons. The first-order valence-electron chi connectivity index (χ1n) is 6.97. The zero-order valence-corrected chi connectivity index (χ0v) is 14.8. The molecule has 3 N–H and O–H groups in total. The highest BCUT2D eigenvalue weighted by Crippen LogP contribution is 2.28. The van der Waals surface area contributed by atoms with Crippen LogP contribution in [0, 0.1) is 0 Å². The van der Waals surface area contributed by atoms with Crippen molar-refractivity contribution in [3.63, 3.8) is 0 Å². The Balaban J connectivity index is 1.58. The van der Waals surface area contributed by atoms with E-state index in [1.54, 1.807) is 6.07 Å². The summed E-state index contributed by atoms with van der Waals surface area (Å²) < 4.78 is 1.53. The van der Waals surface area contributed by atoms with Crippen LogP contribution in [0.15, 0.2) is 37.7 Å². The number of nitrogens with one attached hydrogen (secondary N) is 1. The Hall–Kier alpha value is -1.91. The minimum atomic E-state index is -0.379. The summed E-state index contributed by atoms with van der Waals surface area (Å²) in [6.07, 6.45) is 0.619. The number of benzene rings is 1. The van der Waals surface area contributed by atoms with E-state index in [4.69, 9.17) is 5.73 Å². The summed E-state index contributed by atoms with van der Waals surface area (Å²) in [4.78, 5) is 30.0. The molecule has 1 amide bonds. The molecule has 0 bridgehead atoms. The lowest BCUT2D eigenvalue weighted by Gasteiger charge is -2.01. The lowest BCUT2D eigenvalue weighted by molar-refractivity contribution is -0.115. The molecule has 1 aromatic carbocycles. The highest BCUT2D eigenvalue weighted by molar-refractivity contribution is 8.03. The van der Waals surface area contributed by atoms with Gasteiger partial charge in [-0.3, -0.25) is 9.59 Å². The predicted molar refractivity (Wildman–Crippen MR) is 96.6 cm³/mol. The highest BCUT2D eigenvalue weighted by atomic mass is 32.2. The topological polar surface area (TPSA) is 115 Å². The number of H-pyrrole nitrogens is 1. The number of para-hydroxylation sites is 1. The molecule has 2 heterocycles. The largest absolute Gasteiger partial charge is 0.369 e. The van der Waals surface area contributed by atoms with E-state index in [2.05, 4.69) is 20.2 Å². The third-order valence-electron chi connectivity index (χ3n) is 2.95. The van der Waals surface area contributed by atoms with Crippen molar-refractivity contribution in [1.29, 1.82) is 0 Å². The average molecular weight is 379 g/mol. The van der Waals surface area contributed by atoms with Gasteiger partial charge in [0.1, 0.15) is 5.82 Å². The quantitative estimate of drug-likeness (QED) is 0.600. The number of amides is 1. The zero-order chi connectivity index (χ0) is 16.9. The first-order valence-corrected chi connectivity index (χ1v) is 9.76. The fourth-order valence-electron chi connectivity index (χ4n) is 1.93. The maximum absolute atomic E-state index is 12.0. The number of nitrogens with zero attached hydrogens (tertiary/aromatic N) is 3. The minimum Gasteiger partial charge on any atom is -0.369 e. The smallest absolute Gasteiger partial charge is 0.258 e. The number of nitrogens with two attached hydrogens (primary N) is 1. The summed E-state index contributed by atoms with van der Waals surface area (Å²) in [6.45, 7) is 0. The maximum atomic E-state index is 12.0.